The van der Waals surface area contributed by atoms with Crippen LogP contribution < -0.4 is 0 Å². The highest BCUT2D eigenvalue weighted by Gasteiger charge is 1.74. The maximum absolute atomic E-state index is 8.63. The van der Waals surface area contributed by atoms with Crippen LogP contribution in [0.4, 0.5) is 0 Å². The topological polar surface area (TPSA) is 20.2 Å². The molecule has 0 bridgehead atoms. The zero-order valence-corrected chi connectivity index (χ0v) is 8.14. The normalized spacial score (nSPS) is 8.73. The summed E-state index contributed by atoms with van der Waals surface area (Å²) in [5, 5.41) is 8.63. The summed E-state index contributed by atoms with van der Waals surface area (Å²) in [5.41, 5.74) is 0.750. The van der Waals surface area contributed by atoms with Crippen molar-refractivity contribution in [2.45, 2.75) is 19.5 Å². The molecule has 1 N–H and O–H groups in total. The van der Waals surface area contributed by atoms with E-state index in [0.717, 1.165) is 5.66 Å². The van der Waals surface area contributed by atoms with E-state index < -0.39 is 0 Å². The van der Waals surface area contributed by atoms with Crippen LogP contribution in [0.1, 0.15) is 13.8 Å². The van der Waals surface area contributed by atoms with Crippen LogP contribution in [0.5, 0.6) is 5.75 Å². The Labute approximate surface area is 70.7 Å². The Morgan fingerprint density at radius 2 is 1.55 bits per heavy atom. The molecule has 0 saturated heterocycles. The molecule has 0 heterocycles. The molecular weight excluding hydrogens is 155 g/mol. The minimum atomic E-state index is 0.322. The molecule has 0 aliphatic rings. The third-order valence-electron chi connectivity index (χ3n) is 0.756. The molecule has 62 valence electrons. The van der Waals surface area contributed by atoms with Gasteiger partial charge in [0.2, 0.25) is 0 Å². The van der Waals surface area contributed by atoms with Crippen molar-refractivity contribution in [3.8, 4) is 5.75 Å². The van der Waals surface area contributed by atoms with Gasteiger partial charge in [0.05, 0.1) is 0 Å². The highest BCUT2D eigenvalue weighted by Crippen LogP contribution is 2.02. The summed E-state index contributed by atoms with van der Waals surface area (Å²) < 4.78 is 0. The molecule has 1 atom stereocenters. The van der Waals surface area contributed by atoms with Crippen LogP contribution in [0.2, 0.25) is 0 Å². The van der Waals surface area contributed by atoms with Gasteiger partial charge >= 0.3 is 0 Å². The summed E-state index contributed by atoms with van der Waals surface area (Å²) in [6.45, 7) is 4.26. The van der Waals surface area contributed by atoms with Gasteiger partial charge in [-0.05, 0) is 17.8 Å². The minimum absolute atomic E-state index is 0.322. The first-order valence-corrected chi connectivity index (χ1v) is 4.29. The van der Waals surface area contributed by atoms with Gasteiger partial charge in [-0.25, -0.2) is 0 Å². The highest BCUT2D eigenvalue weighted by atomic mass is 31.0. The van der Waals surface area contributed by atoms with E-state index in [2.05, 4.69) is 23.1 Å². The molecular formula is C9H15OP. The van der Waals surface area contributed by atoms with E-state index in [9.17, 15) is 0 Å². The van der Waals surface area contributed by atoms with Gasteiger partial charge in [-0.2, -0.15) is 0 Å². The summed E-state index contributed by atoms with van der Waals surface area (Å²) in [6.07, 6.45) is 0. The van der Waals surface area contributed by atoms with Crippen LogP contribution in [-0.2, 0) is 0 Å². The largest absolute Gasteiger partial charge is 0.508 e. The molecule has 1 aromatic rings. The monoisotopic (exact) mass is 170 g/mol. The third kappa shape index (κ3) is 9.45. The molecule has 0 aliphatic heterocycles. The number of phenols is 1. The van der Waals surface area contributed by atoms with E-state index in [0.29, 0.717) is 5.75 Å². The van der Waals surface area contributed by atoms with Crippen molar-refractivity contribution in [3.05, 3.63) is 30.3 Å². The van der Waals surface area contributed by atoms with Crippen LogP contribution in [0.25, 0.3) is 0 Å². The maximum atomic E-state index is 8.63. The minimum Gasteiger partial charge on any atom is -0.508 e. The summed E-state index contributed by atoms with van der Waals surface area (Å²) in [6, 6.07) is 8.71. The van der Waals surface area contributed by atoms with Gasteiger partial charge in [0.15, 0.2) is 0 Å². The molecule has 0 aromatic heterocycles. The molecule has 1 rings (SSSR count). The van der Waals surface area contributed by atoms with Gasteiger partial charge in [0.25, 0.3) is 0 Å². The fourth-order valence-electron chi connectivity index (χ4n) is 0.428. The summed E-state index contributed by atoms with van der Waals surface area (Å²) in [7, 11) is 2.66. The number of hydrogen-bond donors (Lipinski definition) is 1. The van der Waals surface area contributed by atoms with Crippen LogP contribution in [-0.4, -0.2) is 10.8 Å². The molecule has 0 aliphatic carbocycles. The van der Waals surface area contributed by atoms with Crippen molar-refractivity contribution in [2.24, 2.45) is 0 Å². The number of benzene rings is 1. The number of phenolic OH excluding ortho intramolecular Hbond substituents is 1. The van der Waals surface area contributed by atoms with E-state index in [1.54, 1.807) is 24.3 Å². The van der Waals surface area contributed by atoms with Crippen molar-refractivity contribution < 1.29 is 5.11 Å². The second-order valence-electron chi connectivity index (χ2n) is 2.58. The molecule has 1 aromatic carbocycles. The van der Waals surface area contributed by atoms with Gasteiger partial charge in [0, 0.05) is 0 Å². The first-order chi connectivity index (χ1) is 5.13. The fourth-order valence-corrected chi connectivity index (χ4v) is 0.428. The summed E-state index contributed by atoms with van der Waals surface area (Å²) >= 11 is 0. The van der Waals surface area contributed by atoms with E-state index in [1.807, 2.05) is 6.07 Å². The van der Waals surface area contributed by atoms with Crippen LogP contribution >= 0.6 is 9.24 Å². The van der Waals surface area contributed by atoms with Crippen molar-refractivity contribution >= 4 is 9.24 Å². The molecule has 2 heteroatoms. The maximum Gasteiger partial charge on any atom is 0.115 e. The van der Waals surface area contributed by atoms with Crippen LogP contribution in [0.3, 0.4) is 0 Å². The van der Waals surface area contributed by atoms with E-state index in [-0.39, 0.29) is 0 Å². The fraction of sp³-hybridized carbons (Fsp3) is 0.333. The second-order valence-corrected chi connectivity index (χ2v) is 3.91. The predicted molar refractivity (Wildman–Crippen MR) is 53.0 cm³/mol. The Balaban J connectivity index is 0.000000218. The lowest BCUT2D eigenvalue weighted by Gasteiger charge is -1.82. The van der Waals surface area contributed by atoms with Crippen LogP contribution in [0.15, 0.2) is 30.3 Å². The number of hydrogen-bond acceptors (Lipinski definition) is 1. The van der Waals surface area contributed by atoms with Crippen LogP contribution in [0, 0.1) is 0 Å². The Morgan fingerprint density at radius 3 is 1.73 bits per heavy atom. The smallest absolute Gasteiger partial charge is 0.115 e. The standard InChI is InChI=1S/C6H6O.C3H9P/c7-6-4-2-1-3-5-6;1-3(2)4/h1-5,7H;3H,4H2,1-2H3. The average molecular weight is 170 g/mol. The molecule has 0 radical (unpaired) electrons. The lowest BCUT2D eigenvalue weighted by Crippen LogP contribution is -1.69. The van der Waals surface area contributed by atoms with E-state index >= 15 is 0 Å². The summed E-state index contributed by atoms with van der Waals surface area (Å²) in [4.78, 5) is 0. The van der Waals surface area contributed by atoms with E-state index in [1.165, 1.54) is 0 Å². The number of aromatic hydroxyl groups is 1. The van der Waals surface area contributed by atoms with Crippen molar-refractivity contribution in [3.63, 3.8) is 0 Å². The third-order valence-corrected chi connectivity index (χ3v) is 0.756. The Hall–Kier alpha value is -0.550. The van der Waals surface area contributed by atoms with Crippen molar-refractivity contribution in [1.29, 1.82) is 0 Å². The van der Waals surface area contributed by atoms with Gasteiger partial charge in [0.1, 0.15) is 5.75 Å². The Kier molecular flexibility index (Phi) is 5.87. The molecule has 1 nitrogen and oxygen atoms in total. The van der Waals surface area contributed by atoms with E-state index in [4.69, 9.17) is 5.11 Å². The first kappa shape index (κ1) is 10.4. The molecule has 1 unspecified atom stereocenters. The number of para-hydroxylation sites is 1. The summed E-state index contributed by atoms with van der Waals surface area (Å²) in [5.74, 6) is 0.322. The quantitative estimate of drug-likeness (QED) is 0.593. The molecule has 0 fully saturated rings. The Bertz CT molecular complexity index is 169. The Morgan fingerprint density at radius 1 is 1.18 bits per heavy atom. The van der Waals surface area contributed by atoms with Gasteiger partial charge in [-0.3, -0.25) is 0 Å². The van der Waals surface area contributed by atoms with Crippen molar-refractivity contribution in [1.82, 2.24) is 0 Å². The van der Waals surface area contributed by atoms with Crippen molar-refractivity contribution in [2.75, 3.05) is 0 Å². The second kappa shape index (κ2) is 6.18. The highest BCUT2D eigenvalue weighted by molar-refractivity contribution is 7.17. The molecule has 0 saturated carbocycles. The first-order valence-electron chi connectivity index (χ1n) is 3.62. The van der Waals surface area contributed by atoms with Gasteiger partial charge in [-0.15, -0.1) is 9.24 Å². The average Bonchev–Trinajstić information content (AvgIpc) is 1.87. The zero-order valence-electron chi connectivity index (χ0n) is 6.99. The SMILES string of the molecule is CC(C)P.Oc1ccccc1. The lowest BCUT2D eigenvalue weighted by atomic mass is 10.3. The van der Waals surface area contributed by atoms with Gasteiger partial charge in [-0.1, -0.05) is 32.0 Å². The van der Waals surface area contributed by atoms with Gasteiger partial charge < -0.3 is 5.11 Å². The molecule has 0 spiro atoms. The molecule has 11 heavy (non-hydrogen) atoms. The molecule has 0 amide bonds. The predicted octanol–water partition coefficient (Wildman–Crippen LogP) is 2.66. The number of rotatable bonds is 0. The zero-order chi connectivity index (χ0) is 8.69. The lowest BCUT2D eigenvalue weighted by molar-refractivity contribution is 0.475.